The lowest BCUT2D eigenvalue weighted by Gasteiger charge is -2.13. The van der Waals surface area contributed by atoms with Crippen molar-refractivity contribution in [3.05, 3.63) is 75.6 Å². The molecule has 2 aromatic carbocycles. The number of aryl methyl sites for hydroxylation is 1. The summed E-state index contributed by atoms with van der Waals surface area (Å²) in [6, 6.07) is 11.4. The zero-order chi connectivity index (χ0) is 19.9. The summed E-state index contributed by atoms with van der Waals surface area (Å²) in [5.41, 5.74) is 4.06. The molecule has 8 nitrogen and oxygen atoms in total. The molecule has 2 N–H and O–H groups in total. The molecule has 0 aliphatic carbocycles. The van der Waals surface area contributed by atoms with Crippen molar-refractivity contribution in [3.8, 4) is 11.5 Å². The van der Waals surface area contributed by atoms with Crippen LogP contribution in [0.15, 0.2) is 52.4 Å². The maximum Gasteiger partial charge on any atom is 0.363 e. The number of para-hydroxylation sites is 1. The number of hydrogen-bond donors (Lipinski definition) is 2. The van der Waals surface area contributed by atoms with Crippen LogP contribution in [0, 0.1) is 12.7 Å². The molecule has 0 fully saturated rings. The van der Waals surface area contributed by atoms with Gasteiger partial charge in [-0.1, -0.05) is 18.2 Å². The van der Waals surface area contributed by atoms with E-state index < -0.39 is 5.69 Å². The van der Waals surface area contributed by atoms with Crippen LogP contribution < -0.4 is 20.6 Å². The molecule has 0 atom stereocenters. The first-order valence-electron chi connectivity index (χ1n) is 8.33. The molecular formula is C19H18FN5O3. The fourth-order valence-corrected chi connectivity index (χ4v) is 2.35. The Morgan fingerprint density at radius 1 is 1.25 bits per heavy atom. The van der Waals surface area contributed by atoms with Gasteiger partial charge in [0.2, 0.25) is 0 Å². The summed E-state index contributed by atoms with van der Waals surface area (Å²) < 4.78 is 24.3. The highest BCUT2D eigenvalue weighted by Gasteiger charge is 2.10. The predicted molar refractivity (Wildman–Crippen MR) is 102 cm³/mol. The molecule has 9 heteroatoms. The lowest BCUT2D eigenvalue weighted by molar-refractivity contribution is 0.284. The molecule has 0 spiro atoms. The number of H-pyrrole nitrogens is 1. The van der Waals surface area contributed by atoms with Crippen LogP contribution in [-0.4, -0.2) is 28.5 Å². The van der Waals surface area contributed by atoms with Crippen molar-refractivity contribution in [1.29, 1.82) is 0 Å². The Morgan fingerprint density at radius 3 is 2.79 bits per heavy atom. The van der Waals surface area contributed by atoms with Crippen LogP contribution in [0.5, 0.6) is 11.5 Å². The number of aromatic nitrogens is 3. The van der Waals surface area contributed by atoms with Crippen molar-refractivity contribution in [3.63, 3.8) is 0 Å². The molecule has 0 radical (unpaired) electrons. The number of hydrazone groups is 1. The fourth-order valence-electron chi connectivity index (χ4n) is 2.35. The highest BCUT2D eigenvalue weighted by Crippen LogP contribution is 2.31. The molecule has 0 amide bonds. The Balaban J connectivity index is 1.79. The van der Waals surface area contributed by atoms with Gasteiger partial charge in [0.1, 0.15) is 18.1 Å². The number of ether oxygens (including phenoxy) is 2. The standard InChI is InChI=1S/C19H18FN5O3/c1-12-18(22-19(26)25-23-12)24-21-10-14-4-3-5-16(27-2)17(14)28-11-13-6-8-15(20)9-7-13/h3-10H,11H2,1-2H3,(H2,22,24,25,26)/b21-10+. The Morgan fingerprint density at radius 2 is 2.04 bits per heavy atom. The minimum absolute atomic E-state index is 0.230. The molecule has 3 aromatic rings. The van der Waals surface area contributed by atoms with Crippen LogP contribution in [0.25, 0.3) is 0 Å². The number of aromatic amines is 1. The first kappa shape index (κ1) is 19.0. The zero-order valence-electron chi connectivity index (χ0n) is 15.3. The molecule has 0 bridgehead atoms. The number of rotatable bonds is 7. The van der Waals surface area contributed by atoms with E-state index in [4.69, 9.17) is 9.47 Å². The fraction of sp³-hybridized carbons (Fsp3) is 0.158. The molecule has 1 heterocycles. The third-order valence-electron chi connectivity index (χ3n) is 3.78. The largest absolute Gasteiger partial charge is 0.493 e. The van der Waals surface area contributed by atoms with Gasteiger partial charge in [-0.05, 0) is 36.8 Å². The van der Waals surface area contributed by atoms with Gasteiger partial charge >= 0.3 is 5.69 Å². The summed E-state index contributed by atoms with van der Waals surface area (Å²) in [5, 5.41) is 10.2. The van der Waals surface area contributed by atoms with Gasteiger partial charge in [-0.3, -0.25) is 5.43 Å². The number of hydrogen-bond acceptors (Lipinski definition) is 7. The maximum absolute atomic E-state index is 13.0. The van der Waals surface area contributed by atoms with Crippen LogP contribution in [0.2, 0.25) is 0 Å². The molecule has 144 valence electrons. The van der Waals surface area contributed by atoms with E-state index in [1.807, 2.05) is 0 Å². The van der Waals surface area contributed by atoms with Crippen molar-refractivity contribution in [2.75, 3.05) is 12.5 Å². The second-order valence-corrected chi connectivity index (χ2v) is 5.74. The highest BCUT2D eigenvalue weighted by atomic mass is 19.1. The summed E-state index contributed by atoms with van der Waals surface area (Å²) in [4.78, 5) is 15.0. The van der Waals surface area contributed by atoms with E-state index in [1.54, 1.807) is 37.3 Å². The van der Waals surface area contributed by atoms with E-state index in [0.717, 1.165) is 5.56 Å². The topological polar surface area (TPSA) is 101 Å². The first-order valence-corrected chi connectivity index (χ1v) is 8.33. The van der Waals surface area contributed by atoms with Gasteiger partial charge in [0.25, 0.3) is 0 Å². The number of nitrogens with one attached hydrogen (secondary N) is 2. The van der Waals surface area contributed by atoms with Gasteiger partial charge in [-0.2, -0.15) is 15.2 Å². The van der Waals surface area contributed by atoms with Gasteiger partial charge in [0, 0.05) is 5.56 Å². The highest BCUT2D eigenvalue weighted by molar-refractivity contribution is 5.85. The van der Waals surface area contributed by atoms with Crippen LogP contribution in [0.3, 0.4) is 0 Å². The van der Waals surface area contributed by atoms with E-state index in [2.05, 4.69) is 25.7 Å². The first-order chi connectivity index (χ1) is 13.6. The van der Waals surface area contributed by atoms with Crippen molar-refractivity contribution in [2.24, 2.45) is 5.10 Å². The summed E-state index contributed by atoms with van der Waals surface area (Å²) in [6.07, 6.45) is 1.52. The van der Waals surface area contributed by atoms with Gasteiger partial charge in [0.15, 0.2) is 17.3 Å². The molecule has 1 aromatic heterocycles. The monoisotopic (exact) mass is 383 g/mol. The average molecular weight is 383 g/mol. The lowest BCUT2D eigenvalue weighted by atomic mass is 10.2. The van der Waals surface area contributed by atoms with E-state index in [0.29, 0.717) is 22.8 Å². The Hall–Kier alpha value is -3.75. The van der Waals surface area contributed by atoms with E-state index >= 15 is 0 Å². The molecular weight excluding hydrogens is 365 g/mol. The van der Waals surface area contributed by atoms with Crippen molar-refractivity contribution >= 4 is 12.0 Å². The molecule has 0 aliphatic rings. The summed E-state index contributed by atoms with van der Waals surface area (Å²) >= 11 is 0. The molecule has 28 heavy (non-hydrogen) atoms. The van der Waals surface area contributed by atoms with Crippen molar-refractivity contribution in [2.45, 2.75) is 13.5 Å². The van der Waals surface area contributed by atoms with Gasteiger partial charge < -0.3 is 9.47 Å². The lowest BCUT2D eigenvalue weighted by Crippen LogP contribution is -2.15. The van der Waals surface area contributed by atoms with Crippen LogP contribution in [0.1, 0.15) is 16.8 Å². The van der Waals surface area contributed by atoms with Crippen LogP contribution in [0.4, 0.5) is 10.2 Å². The van der Waals surface area contributed by atoms with Crippen LogP contribution >= 0.6 is 0 Å². The average Bonchev–Trinajstić information content (AvgIpc) is 2.70. The Bertz CT molecular complexity index is 1030. The summed E-state index contributed by atoms with van der Waals surface area (Å²) in [5.74, 6) is 0.946. The van der Waals surface area contributed by atoms with E-state index in [9.17, 15) is 9.18 Å². The predicted octanol–water partition coefficient (Wildman–Crippen LogP) is 2.65. The normalized spacial score (nSPS) is 10.8. The minimum atomic E-state index is -0.576. The SMILES string of the molecule is COc1cccc(/C=N/Nc2nc(=O)[nH]nc2C)c1OCc1ccc(F)cc1. The Kier molecular flexibility index (Phi) is 5.95. The van der Waals surface area contributed by atoms with E-state index in [-0.39, 0.29) is 18.2 Å². The summed E-state index contributed by atoms with van der Waals surface area (Å²) in [6.45, 7) is 1.91. The van der Waals surface area contributed by atoms with Gasteiger partial charge in [0.05, 0.1) is 13.3 Å². The number of methoxy groups -OCH3 is 1. The number of benzene rings is 2. The second kappa shape index (κ2) is 8.76. The zero-order valence-corrected chi connectivity index (χ0v) is 15.3. The Labute approximate surface area is 160 Å². The molecule has 0 aliphatic heterocycles. The molecule has 0 saturated carbocycles. The van der Waals surface area contributed by atoms with Crippen molar-refractivity contribution in [1.82, 2.24) is 15.2 Å². The van der Waals surface area contributed by atoms with Crippen LogP contribution in [-0.2, 0) is 6.61 Å². The number of halogens is 1. The molecule has 0 unspecified atom stereocenters. The van der Waals surface area contributed by atoms with Crippen molar-refractivity contribution < 1.29 is 13.9 Å². The molecule has 3 rings (SSSR count). The summed E-state index contributed by atoms with van der Waals surface area (Å²) in [7, 11) is 1.54. The smallest absolute Gasteiger partial charge is 0.363 e. The molecule has 0 saturated heterocycles. The second-order valence-electron chi connectivity index (χ2n) is 5.74. The minimum Gasteiger partial charge on any atom is -0.493 e. The number of anilines is 1. The van der Waals surface area contributed by atoms with Gasteiger partial charge in [-0.25, -0.2) is 14.3 Å². The van der Waals surface area contributed by atoms with Gasteiger partial charge in [-0.15, -0.1) is 0 Å². The maximum atomic E-state index is 13.0. The number of nitrogens with zero attached hydrogens (tertiary/aromatic N) is 3. The third kappa shape index (κ3) is 4.70. The van der Waals surface area contributed by atoms with E-state index in [1.165, 1.54) is 25.5 Å². The quantitative estimate of drug-likeness (QED) is 0.480. The third-order valence-corrected chi connectivity index (χ3v) is 3.78.